The summed E-state index contributed by atoms with van der Waals surface area (Å²) in [4.78, 5) is 0. The number of nitriles is 2. The van der Waals surface area contributed by atoms with E-state index in [4.69, 9.17) is 21.1 Å². The maximum absolute atomic E-state index is 14.1. The lowest BCUT2D eigenvalue weighted by atomic mass is 10.0. The van der Waals surface area contributed by atoms with Crippen LogP contribution >= 0.6 is 11.6 Å². The van der Waals surface area contributed by atoms with Crippen molar-refractivity contribution in [1.82, 2.24) is 0 Å². The van der Waals surface area contributed by atoms with Crippen LogP contribution in [0.15, 0.2) is 60.7 Å². The van der Waals surface area contributed by atoms with Gasteiger partial charge in [0.05, 0.1) is 34.9 Å². The predicted molar refractivity (Wildman–Crippen MR) is 118 cm³/mol. The maximum Gasteiger partial charge on any atom is 0.180 e. The van der Waals surface area contributed by atoms with E-state index >= 15 is 0 Å². The van der Waals surface area contributed by atoms with Crippen LogP contribution in [-0.4, -0.2) is 6.61 Å². The first-order valence-corrected chi connectivity index (χ1v) is 9.89. The number of ether oxygens (including phenoxy) is 2. The molecule has 6 heteroatoms. The van der Waals surface area contributed by atoms with Crippen molar-refractivity contribution in [2.24, 2.45) is 0 Å². The zero-order chi connectivity index (χ0) is 22.2. The van der Waals surface area contributed by atoms with Crippen molar-refractivity contribution < 1.29 is 13.9 Å². The summed E-state index contributed by atoms with van der Waals surface area (Å²) in [5, 5.41) is 19.0. The molecule has 0 aromatic heterocycles. The van der Waals surface area contributed by atoms with Crippen molar-refractivity contribution in [3.63, 3.8) is 0 Å². The van der Waals surface area contributed by atoms with Gasteiger partial charge < -0.3 is 9.47 Å². The summed E-state index contributed by atoms with van der Waals surface area (Å²) < 4.78 is 25.7. The van der Waals surface area contributed by atoms with Gasteiger partial charge >= 0.3 is 0 Å². The van der Waals surface area contributed by atoms with E-state index in [-0.39, 0.29) is 22.8 Å². The highest BCUT2D eigenvalue weighted by Crippen LogP contribution is 2.38. The van der Waals surface area contributed by atoms with E-state index in [9.17, 15) is 14.9 Å². The summed E-state index contributed by atoms with van der Waals surface area (Å²) in [6.45, 7) is 2.33. The first-order valence-electron chi connectivity index (χ1n) is 9.51. The van der Waals surface area contributed by atoms with E-state index in [1.54, 1.807) is 54.6 Å². The lowest BCUT2D eigenvalue weighted by Gasteiger charge is -2.15. The minimum Gasteiger partial charge on any atom is -0.490 e. The van der Waals surface area contributed by atoms with Crippen LogP contribution in [0.4, 0.5) is 4.39 Å². The molecule has 0 atom stereocenters. The van der Waals surface area contributed by atoms with Gasteiger partial charge in [0.25, 0.3) is 0 Å². The number of hydrogen-bond donors (Lipinski definition) is 0. The fourth-order valence-corrected chi connectivity index (χ4v) is 3.27. The van der Waals surface area contributed by atoms with Gasteiger partial charge in [-0.25, -0.2) is 4.39 Å². The van der Waals surface area contributed by atoms with Crippen LogP contribution in [0.2, 0.25) is 5.02 Å². The molecule has 0 bridgehead atoms. The normalized spacial score (nSPS) is 10.8. The summed E-state index contributed by atoms with van der Waals surface area (Å²) in [6, 6.07) is 20.6. The Morgan fingerprint density at radius 2 is 1.81 bits per heavy atom. The van der Waals surface area contributed by atoms with Crippen LogP contribution in [0.1, 0.15) is 29.2 Å². The third-order valence-corrected chi connectivity index (χ3v) is 4.72. The number of rotatable bonds is 7. The van der Waals surface area contributed by atoms with Crippen molar-refractivity contribution in [3.05, 3.63) is 93.8 Å². The topological polar surface area (TPSA) is 66.0 Å². The second-order valence-corrected chi connectivity index (χ2v) is 6.88. The van der Waals surface area contributed by atoms with E-state index in [1.165, 1.54) is 6.07 Å². The highest BCUT2D eigenvalue weighted by molar-refractivity contribution is 6.32. The standard InChI is InChI=1S/C25H18ClFN2O2/c1-2-30-24-13-17(11-20(15-29)21-9-5-6-10-23(21)27)12-22(26)25(24)31-16-19-8-4-3-7-18(19)14-28/h3-13H,2,16H2,1H3/b20-11-. The Balaban J connectivity index is 1.96. The third-order valence-electron chi connectivity index (χ3n) is 4.44. The van der Waals surface area contributed by atoms with Crippen LogP contribution in [0.25, 0.3) is 11.6 Å². The summed E-state index contributed by atoms with van der Waals surface area (Å²) in [5.41, 5.74) is 2.16. The van der Waals surface area contributed by atoms with Crippen molar-refractivity contribution in [2.75, 3.05) is 6.61 Å². The van der Waals surface area contributed by atoms with Crippen LogP contribution in [0.5, 0.6) is 11.5 Å². The van der Waals surface area contributed by atoms with Crippen LogP contribution in [-0.2, 0) is 6.61 Å². The van der Waals surface area contributed by atoms with Crippen molar-refractivity contribution >= 4 is 23.3 Å². The molecule has 0 saturated carbocycles. The number of benzene rings is 3. The molecule has 0 amide bonds. The van der Waals surface area contributed by atoms with Crippen molar-refractivity contribution in [3.8, 4) is 23.6 Å². The molecular formula is C25H18ClFN2O2. The van der Waals surface area contributed by atoms with E-state index in [1.807, 2.05) is 19.1 Å². The van der Waals surface area contributed by atoms with Gasteiger partial charge in [-0.05, 0) is 42.8 Å². The van der Waals surface area contributed by atoms with Crippen LogP contribution in [0, 0.1) is 28.5 Å². The molecule has 0 fully saturated rings. The van der Waals surface area contributed by atoms with Crippen LogP contribution in [0.3, 0.4) is 0 Å². The quantitative estimate of drug-likeness (QED) is 0.320. The molecule has 0 heterocycles. The average Bonchev–Trinajstić information content (AvgIpc) is 2.78. The molecule has 0 spiro atoms. The molecular weight excluding hydrogens is 415 g/mol. The van der Waals surface area contributed by atoms with Gasteiger partial charge in [-0.15, -0.1) is 0 Å². The van der Waals surface area contributed by atoms with E-state index < -0.39 is 5.82 Å². The van der Waals surface area contributed by atoms with E-state index in [2.05, 4.69) is 6.07 Å². The summed E-state index contributed by atoms with van der Waals surface area (Å²) in [6.07, 6.45) is 1.54. The van der Waals surface area contributed by atoms with Gasteiger partial charge in [0.1, 0.15) is 12.4 Å². The molecule has 3 rings (SSSR count). The van der Waals surface area contributed by atoms with Gasteiger partial charge in [-0.1, -0.05) is 48.0 Å². The molecule has 3 aromatic rings. The maximum atomic E-state index is 14.1. The summed E-state index contributed by atoms with van der Waals surface area (Å²) in [5.74, 6) is 0.238. The van der Waals surface area contributed by atoms with E-state index in [0.29, 0.717) is 29.2 Å². The second-order valence-electron chi connectivity index (χ2n) is 6.47. The zero-order valence-corrected chi connectivity index (χ0v) is 17.5. The molecule has 0 radical (unpaired) electrons. The minimum absolute atomic E-state index is 0.136. The molecule has 3 aromatic carbocycles. The van der Waals surface area contributed by atoms with Gasteiger partial charge in [-0.3, -0.25) is 0 Å². The SMILES string of the molecule is CCOc1cc(/C=C(/C#N)c2ccccc2F)cc(Cl)c1OCc1ccccc1C#N. The third kappa shape index (κ3) is 5.22. The van der Waals surface area contributed by atoms with Gasteiger partial charge in [0, 0.05) is 11.1 Å². The Kier molecular flexibility index (Phi) is 7.27. The fraction of sp³-hybridized carbons (Fsp3) is 0.120. The lowest BCUT2D eigenvalue weighted by molar-refractivity contribution is 0.269. The Hall–Kier alpha value is -3.80. The lowest BCUT2D eigenvalue weighted by Crippen LogP contribution is -2.02. The summed E-state index contributed by atoms with van der Waals surface area (Å²) >= 11 is 6.46. The minimum atomic E-state index is -0.484. The largest absolute Gasteiger partial charge is 0.490 e. The van der Waals surface area contributed by atoms with Crippen LogP contribution < -0.4 is 9.47 Å². The van der Waals surface area contributed by atoms with Gasteiger partial charge in [0.15, 0.2) is 11.5 Å². The molecule has 0 aliphatic carbocycles. The molecule has 31 heavy (non-hydrogen) atoms. The van der Waals surface area contributed by atoms with Gasteiger partial charge in [-0.2, -0.15) is 10.5 Å². The Morgan fingerprint density at radius 1 is 1.06 bits per heavy atom. The van der Waals surface area contributed by atoms with Gasteiger partial charge in [0.2, 0.25) is 0 Å². The molecule has 4 nitrogen and oxygen atoms in total. The number of halogens is 2. The van der Waals surface area contributed by atoms with E-state index in [0.717, 1.165) is 5.56 Å². The monoisotopic (exact) mass is 432 g/mol. The highest BCUT2D eigenvalue weighted by atomic mass is 35.5. The molecule has 0 aliphatic rings. The first-order chi connectivity index (χ1) is 15.1. The smallest absolute Gasteiger partial charge is 0.180 e. The molecule has 0 aliphatic heterocycles. The predicted octanol–water partition coefficient (Wildman–Crippen LogP) is 6.39. The Bertz CT molecular complexity index is 1210. The first kappa shape index (κ1) is 21.9. The molecule has 154 valence electrons. The number of allylic oxidation sites excluding steroid dienone is 1. The Labute approximate surface area is 185 Å². The second kappa shape index (κ2) is 10.3. The Morgan fingerprint density at radius 3 is 2.52 bits per heavy atom. The van der Waals surface area contributed by atoms with Crippen molar-refractivity contribution in [2.45, 2.75) is 13.5 Å². The van der Waals surface area contributed by atoms with Crippen molar-refractivity contribution in [1.29, 1.82) is 10.5 Å². The number of hydrogen-bond acceptors (Lipinski definition) is 4. The molecule has 0 saturated heterocycles. The summed E-state index contributed by atoms with van der Waals surface area (Å²) in [7, 11) is 0. The number of nitrogens with zero attached hydrogens (tertiary/aromatic N) is 2. The zero-order valence-electron chi connectivity index (χ0n) is 16.7. The molecule has 0 N–H and O–H groups in total. The average molecular weight is 433 g/mol. The molecule has 0 unspecified atom stereocenters. The highest BCUT2D eigenvalue weighted by Gasteiger charge is 2.15. The fourth-order valence-electron chi connectivity index (χ4n) is 3.00.